The molecule has 0 aliphatic carbocycles. The van der Waals surface area contributed by atoms with Crippen LogP contribution in [0, 0.1) is 4.91 Å². The summed E-state index contributed by atoms with van der Waals surface area (Å²) in [6, 6.07) is 0. The lowest BCUT2D eigenvalue weighted by Crippen LogP contribution is -2.64. The van der Waals surface area contributed by atoms with Gasteiger partial charge in [0.2, 0.25) is 12.0 Å². The monoisotopic (exact) mass is 233 g/mol. The molecule has 3 heterocycles. The Hall–Kier alpha value is -1.73. The van der Waals surface area contributed by atoms with E-state index in [2.05, 4.69) is 20.3 Å². The molecule has 1 N–H and O–H groups in total. The van der Waals surface area contributed by atoms with Crippen LogP contribution in [0.15, 0.2) is 27.4 Å². The Morgan fingerprint density at radius 2 is 2.18 bits per heavy atom. The SMILES string of the molecule is O=[N+]1C=CN=C2N=CC=NC21N1CCNCC1. The molecule has 3 rings (SSSR count). The van der Waals surface area contributed by atoms with Crippen LogP contribution in [0.1, 0.15) is 0 Å². The van der Waals surface area contributed by atoms with Crippen LogP contribution >= 0.6 is 0 Å². The Labute approximate surface area is 98.2 Å². The minimum absolute atomic E-state index is 0.444. The van der Waals surface area contributed by atoms with Crippen molar-refractivity contribution in [3.63, 3.8) is 0 Å². The van der Waals surface area contributed by atoms with Crippen molar-refractivity contribution < 1.29 is 4.76 Å². The van der Waals surface area contributed by atoms with E-state index in [4.69, 9.17) is 0 Å². The topological polar surface area (TPSA) is 72.4 Å². The fourth-order valence-corrected chi connectivity index (χ4v) is 2.27. The van der Waals surface area contributed by atoms with Crippen molar-refractivity contribution in [1.29, 1.82) is 0 Å². The molecule has 1 fully saturated rings. The normalized spacial score (nSPS) is 32.5. The molecular weight excluding hydrogens is 220 g/mol. The maximum atomic E-state index is 12.1. The zero-order chi connectivity index (χ0) is 11.7. The van der Waals surface area contributed by atoms with E-state index in [1.807, 2.05) is 4.90 Å². The predicted molar refractivity (Wildman–Crippen MR) is 64.4 cm³/mol. The van der Waals surface area contributed by atoms with Gasteiger partial charge >= 0.3 is 5.79 Å². The van der Waals surface area contributed by atoms with Crippen molar-refractivity contribution in [1.82, 2.24) is 10.2 Å². The number of rotatable bonds is 1. The van der Waals surface area contributed by atoms with E-state index < -0.39 is 5.79 Å². The van der Waals surface area contributed by atoms with Crippen molar-refractivity contribution in [2.24, 2.45) is 15.0 Å². The first kappa shape index (κ1) is 10.4. The van der Waals surface area contributed by atoms with Crippen LogP contribution in [0.4, 0.5) is 0 Å². The van der Waals surface area contributed by atoms with Crippen LogP contribution in [-0.2, 0) is 0 Å². The van der Waals surface area contributed by atoms with Crippen LogP contribution in [0.5, 0.6) is 0 Å². The van der Waals surface area contributed by atoms with Crippen molar-refractivity contribution >= 4 is 18.3 Å². The number of nitrogens with one attached hydrogen (secondary N) is 1. The second-order valence-corrected chi connectivity index (χ2v) is 4.01. The molecule has 7 heteroatoms. The van der Waals surface area contributed by atoms with Gasteiger partial charge in [0.25, 0.3) is 0 Å². The minimum atomic E-state index is -1.09. The van der Waals surface area contributed by atoms with Crippen molar-refractivity contribution in [2.45, 2.75) is 5.79 Å². The molecule has 0 bridgehead atoms. The van der Waals surface area contributed by atoms with Gasteiger partial charge in [-0.25, -0.2) is 14.9 Å². The van der Waals surface area contributed by atoms with Crippen LogP contribution in [0.3, 0.4) is 0 Å². The smallest absolute Gasteiger partial charge is 0.314 e. The highest BCUT2D eigenvalue weighted by Crippen LogP contribution is 2.26. The number of nitroso groups, excluding NO2 is 1. The number of hydrogen-bond acceptors (Lipinski definition) is 6. The van der Waals surface area contributed by atoms with Crippen molar-refractivity contribution in [3.05, 3.63) is 17.3 Å². The first-order valence-corrected chi connectivity index (χ1v) is 5.59. The van der Waals surface area contributed by atoms with Gasteiger partial charge in [-0.05, 0) is 0 Å². The Kier molecular flexibility index (Phi) is 2.41. The second kappa shape index (κ2) is 3.94. The molecule has 0 saturated carbocycles. The summed E-state index contributed by atoms with van der Waals surface area (Å²) in [6.07, 6.45) is 5.97. The summed E-state index contributed by atoms with van der Waals surface area (Å²) in [5.74, 6) is -0.648. The first-order valence-electron chi connectivity index (χ1n) is 5.59. The van der Waals surface area contributed by atoms with Crippen molar-refractivity contribution in [2.75, 3.05) is 26.2 Å². The Morgan fingerprint density at radius 1 is 1.35 bits per heavy atom. The average Bonchev–Trinajstić information content (AvgIpc) is 2.40. The third-order valence-electron chi connectivity index (χ3n) is 3.08. The molecule has 1 unspecified atom stereocenters. The number of hydrogen-bond donors (Lipinski definition) is 1. The maximum Gasteiger partial charge on any atom is 0.431 e. The molecule has 1 atom stereocenters. The molecule has 3 aliphatic rings. The zero-order valence-electron chi connectivity index (χ0n) is 9.28. The minimum Gasteiger partial charge on any atom is -0.314 e. The highest BCUT2D eigenvalue weighted by Gasteiger charge is 2.58. The Bertz CT molecular complexity index is 459. The molecule has 1 saturated heterocycles. The molecule has 0 spiro atoms. The van der Waals surface area contributed by atoms with Gasteiger partial charge in [0.05, 0.1) is 11.0 Å². The van der Waals surface area contributed by atoms with Crippen LogP contribution in [0.2, 0.25) is 0 Å². The standard InChI is InChI=1S/C10H13N6O/c17-16-8-5-13-9-10(16,14-2-1-12-9)15-6-3-11-4-7-15/h1-2,5,8,11H,3-4,6-7H2/q+1. The zero-order valence-corrected chi connectivity index (χ0v) is 9.28. The summed E-state index contributed by atoms with van der Waals surface area (Å²) < 4.78 is 0.827. The summed E-state index contributed by atoms with van der Waals surface area (Å²) in [5, 5.41) is 3.25. The number of piperazine rings is 1. The van der Waals surface area contributed by atoms with Gasteiger partial charge in [-0.2, -0.15) is 4.99 Å². The molecule has 0 radical (unpaired) electrons. The lowest BCUT2D eigenvalue weighted by atomic mass is 10.2. The maximum absolute atomic E-state index is 12.1. The average molecular weight is 233 g/mol. The van der Waals surface area contributed by atoms with E-state index in [0.29, 0.717) is 5.84 Å². The Morgan fingerprint density at radius 3 is 3.00 bits per heavy atom. The Balaban J connectivity index is 2.04. The molecule has 0 amide bonds. The number of amidine groups is 1. The lowest BCUT2D eigenvalue weighted by molar-refractivity contribution is -0.577. The van der Waals surface area contributed by atoms with E-state index in [1.54, 1.807) is 12.4 Å². The highest BCUT2D eigenvalue weighted by molar-refractivity contribution is 6.22. The van der Waals surface area contributed by atoms with Crippen LogP contribution in [-0.4, -0.2) is 59.9 Å². The first-order chi connectivity index (χ1) is 8.34. The van der Waals surface area contributed by atoms with E-state index in [-0.39, 0.29) is 0 Å². The van der Waals surface area contributed by atoms with E-state index in [9.17, 15) is 4.91 Å². The number of nitrogens with zero attached hydrogens (tertiary/aromatic N) is 5. The third kappa shape index (κ3) is 1.47. The molecule has 88 valence electrons. The highest BCUT2D eigenvalue weighted by atomic mass is 16.3. The van der Waals surface area contributed by atoms with Gasteiger partial charge in [0.1, 0.15) is 0 Å². The summed E-state index contributed by atoms with van der Waals surface area (Å²) in [7, 11) is 0. The molecule has 17 heavy (non-hydrogen) atoms. The molecule has 0 aromatic carbocycles. The fourth-order valence-electron chi connectivity index (χ4n) is 2.27. The van der Waals surface area contributed by atoms with Gasteiger partial charge in [-0.1, -0.05) is 0 Å². The summed E-state index contributed by atoms with van der Waals surface area (Å²) in [4.78, 5) is 26.8. The van der Waals surface area contributed by atoms with Crippen molar-refractivity contribution in [3.8, 4) is 0 Å². The van der Waals surface area contributed by atoms with Gasteiger partial charge in [0, 0.05) is 43.5 Å². The predicted octanol–water partition coefficient (Wildman–Crippen LogP) is -0.637. The lowest BCUT2D eigenvalue weighted by Gasteiger charge is -2.35. The number of fused-ring (bicyclic) bond motifs is 1. The molecule has 7 nitrogen and oxygen atoms in total. The molecular formula is C10H13N6O+. The van der Waals surface area contributed by atoms with Crippen LogP contribution < -0.4 is 5.32 Å². The summed E-state index contributed by atoms with van der Waals surface area (Å²) in [6.45, 7) is 3.18. The fraction of sp³-hybridized carbons (Fsp3) is 0.500. The molecule has 3 aliphatic heterocycles. The number of aliphatic imine (C=N–C) groups is 3. The second-order valence-electron chi connectivity index (χ2n) is 4.01. The largest absolute Gasteiger partial charge is 0.431 e. The quantitative estimate of drug-likeness (QED) is 0.612. The van der Waals surface area contributed by atoms with E-state index in [0.717, 1.165) is 30.9 Å². The van der Waals surface area contributed by atoms with Gasteiger partial charge in [-0.3, -0.25) is 0 Å². The van der Waals surface area contributed by atoms with E-state index in [1.165, 1.54) is 12.4 Å². The molecule has 0 aromatic rings. The van der Waals surface area contributed by atoms with Gasteiger partial charge in [-0.15, -0.1) is 0 Å². The van der Waals surface area contributed by atoms with E-state index >= 15 is 0 Å². The summed E-state index contributed by atoms with van der Waals surface area (Å²) in [5.41, 5.74) is 0. The molecule has 0 aromatic heterocycles. The van der Waals surface area contributed by atoms with Gasteiger partial charge < -0.3 is 5.32 Å². The van der Waals surface area contributed by atoms with Crippen LogP contribution in [0.25, 0.3) is 0 Å². The van der Waals surface area contributed by atoms with Gasteiger partial charge in [0.15, 0.2) is 0 Å². The third-order valence-corrected chi connectivity index (χ3v) is 3.08. The summed E-state index contributed by atoms with van der Waals surface area (Å²) >= 11 is 0.